The number of rotatable bonds is 6. The summed E-state index contributed by atoms with van der Waals surface area (Å²) in [5.41, 5.74) is 1.88. The molecular weight excluding hydrogens is 326 g/mol. The van der Waals surface area contributed by atoms with Crippen LogP contribution in [0.4, 0.5) is 0 Å². The van der Waals surface area contributed by atoms with Crippen LogP contribution in [-0.4, -0.2) is 43.0 Å². The maximum Gasteiger partial charge on any atom is 0.342 e. The molecule has 132 valence electrons. The molecular formula is C17H19N3O5. The van der Waals surface area contributed by atoms with Gasteiger partial charge in [0.1, 0.15) is 18.4 Å². The van der Waals surface area contributed by atoms with Crippen LogP contribution in [0.5, 0.6) is 17.6 Å². The van der Waals surface area contributed by atoms with Gasteiger partial charge in [-0.2, -0.15) is 9.97 Å². The lowest BCUT2D eigenvalue weighted by molar-refractivity contribution is 0.0597. The molecule has 1 aromatic heterocycles. The predicted molar refractivity (Wildman–Crippen MR) is 90.4 cm³/mol. The number of carbonyl (C=O) groups excluding carboxylic acids is 1. The molecule has 0 saturated heterocycles. The summed E-state index contributed by atoms with van der Waals surface area (Å²) in [5, 5.41) is 3.86. The Bertz CT molecular complexity index is 805. The molecule has 0 atom stereocenters. The standard InChI is InChI=1S/C17H19N3O5/c1-10-9-14(22-3)19-17(18-10)25-13-8-6-7-12(11(2)20-24-5)15(13)16(21)23-4/h6-9H,1-5H3/b20-11-. The van der Waals surface area contributed by atoms with Gasteiger partial charge in [-0.05, 0) is 19.9 Å². The van der Waals surface area contributed by atoms with Crippen LogP contribution in [0.15, 0.2) is 29.4 Å². The highest BCUT2D eigenvalue weighted by Gasteiger charge is 2.21. The zero-order chi connectivity index (χ0) is 18.4. The van der Waals surface area contributed by atoms with Gasteiger partial charge in [0.2, 0.25) is 5.88 Å². The predicted octanol–water partition coefficient (Wildman–Crippen LogP) is 2.74. The second-order valence-electron chi connectivity index (χ2n) is 4.97. The molecule has 2 rings (SSSR count). The van der Waals surface area contributed by atoms with E-state index in [-0.39, 0.29) is 17.3 Å². The number of nitrogens with zero attached hydrogens (tertiary/aromatic N) is 3. The van der Waals surface area contributed by atoms with Crippen molar-refractivity contribution in [1.29, 1.82) is 0 Å². The van der Waals surface area contributed by atoms with Gasteiger partial charge in [0, 0.05) is 17.3 Å². The average Bonchev–Trinajstić information content (AvgIpc) is 2.60. The zero-order valence-electron chi connectivity index (χ0n) is 14.7. The van der Waals surface area contributed by atoms with E-state index in [9.17, 15) is 4.79 Å². The highest BCUT2D eigenvalue weighted by Crippen LogP contribution is 2.28. The molecule has 25 heavy (non-hydrogen) atoms. The number of benzene rings is 1. The Morgan fingerprint density at radius 1 is 1.16 bits per heavy atom. The van der Waals surface area contributed by atoms with Crippen molar-refractivity contribution in [2.45, 2.75) is 13.8 Å². The van der Waals surface area contributed by atoms with Crippen molar-refractivity contribution in [1.82, 2.24) is 9.97 Å². The minimum atomic E-state index is -0.573. The number of hydrogen-bond acceptors (Lipinski definition) is 8. The van der Waals surface area contributed by atoms with E-state index in [1.165, 1.54) is 21.3 Å². The number of hydrogen-bond donors (Lipinski definition) is 0. The number of aryl methyl sites for hydroxylation is 1. The van der Waals surface area contributed by atoms with Crippen LogP contribution in [-0.2, 0) is 9.57 Å². The van der Waals surface area contributed by atoms with E-state index in [1.54, 1.807) is 38.1 Å². The monoisotopic (exact) mass is 345 g/mol. The van der Waals surface area contributed by atoms with Gasteiger partial charge < -0.3 is 19.0 Å². The number of carbonyl (C=O) groups is 1. The molecule has 2 aromatic rings. The third-order valence-corrected chi connectivity index (χ3v) is 3.25. The van der Waals surface area contributed by atoms with Crippen LogP contribution in [0, 0.1) is 6.92 Å². The summed E-state index contributed by atoms with van der Waals surface area (Å²) in [5.74, 6) is 0.0222. The number of methoxy groups -OCH3 is 2. The van der Waals surface area contributed by atoms with Gasteiger partial charge in [-0.15, -0.1) is 0 Å². The largest absolute Gasteiger partial charge is 0.481 e. The quantitative estimate of drug-likeness (QED) is 0.451. The SMILES string of the molecule is CO/N=C(/C)c1cccc(Oc2nc(C)cc(OC)n2)c1C(=O)OC. The first kappa shape index (κ1) is 18.2. The molecule has 0 bridgehead atoms. The first-order valence-electron chi connectivity index (χ1n) is 7.37. The smallest absolute Gasteiger partial charge is 0.342 e. The van der Waals surface area contributed by atoms with E-state index >= 15 is 0 Å². The molecule has 0 saturated carbocycles. The average molecular weight is 345 g/mol. The van der Waals surface area contributed by atoms with Crippen LogP contribution in [0.3, 0.4) is 0 Å². The molecule has 0 aliphatic carbocycles. The van der Waals surface area contributed by atoms with Gasteiger partial charge in [0.15, 0.2) is 0 Å². The molecule has 1 heterocycles. The lowest BCUT2D eigenvalue weighted by atomic mass is 10.0. The van der Waals surface area contributed by atoms with Crippen LogP contribution in [0.2, 0.25) is 0 Å². The second kappa shape index (κ2) is 8.09. The first-order chi connectivity index (χ1) is 12.0. The lowest BCUT2D eigenvalue weighted by Gasteiger charge is -2.13. The Morgan fingerprint density at radius 3 is 2.56 bits per heavy atom. The molecule has 1 aromatic carbocycles. The van der Waals surface area contributed by atoms with E-state index in [0.717, 1.165) is 0 Å². The van der Waals surface area contributed by atoms with Gasteiger partial charge in [-0.1, -0.05) is 17.3 Å². The summed E-state index contributed by atoms with van der Waals surface area (Å²) in [7, 11) is 4.21. The minimum absolute atomic E-state index is 0.0560. The third kappa shape index (κ3) is 4.23. The highest BCUT2D eigenvalue weighted by molar-refractivity contribution is 6.09. The van der Waals surface area contributed by atoms with Gasteiger partial charge in [-0.25, -0.2) is 4.79 Å². The fourth-order valence-electron chi connectivity index (χ4n) is 2.18. The number of esters is 1. The Labute approximate surface area is 145 Å². The van der Waals surface area contributed by atoms with Crippen molar-refractivity contribution < 1.29 is 23.8 Å². The zero-order valence-corrected chi connectivity index (χ0v) is 14.7. The van der Waals surface area contributed by atoms with E-state index in [1.807, 2.05) is 0 Å². The summed E-state index contributed by atoms with van der Waals surface area (Å²) < 4.78 is 15.7. The molecule has 0 aliphatic rings. The molecule has 8 nitrogen and oxygen atoms in total. The summed E-state index contributed by atoms with van der Waals surface area (Å²) in [4.78, 5) is 25.4. The van der Waals surface area contributed by atoms with E-state index < -0.39 is 5.97 Å². The molecule has 8 heteroatoms. The van der Waals surface area contributed by atoms with E-state index in [2.05, 4.69) is 15.1 Å². The Kier molecular flexibility index (Phi) is 5.89. The summed E-state index contributed by atoms with van der Waals surface area (Å²) >= 11 is 0. The van der Waals surface area contributed by atoms with Crippen LogP contribution >= 0.6 is 0 Å². The third-order valence-electron chi connectivity index (χ3n) is 3.25. The fourth-order valence-corrected chi connectivity index (χ4v) is 2.18. The van der Waals surface area contributed by atoms with E-state index in [0.29, 0.717) is 22.8 Å². The van der Waals surface area contributed by atoms with Gasteiger partial charge in [-0.3, -0.25) is 0 Å². The summed E-state index contributed by atoms with van der Waals surface area (Å²) in [6.07, 6.45) is 0. The summed E-state index contributed by atoms with van der Waals surface area (Å²) in [6, 6.07) is 6.78. The van der Waals surface area contributed by atoms with Crippen molar-refractivity contribution >= 4 is 11.7 Å². The number of oxime groups is 1. The molecule has 0 spiro atoms. The lowest BCUT2D eigenvalue weighted by Crippen LogP contribution is -2.11. The second-order valence-corrected chi connectivity index (χ2v) is 4.97. The maximum atomic E-state index is 12.3. The van der Waals surface area contributed by atoms with Crippen LogP contribution in [0.1, 0.15) is 28.5 Å². The number of ether oxygens (including phenoxy) is 3. The van der Waals surface area contributed by atoms with Crippen molar-refractivity contribution in [2.75, 3.05) is 21.3 Å². The molecule has 0 radical (unpaired) electrons. The van der Waals surface area contributed by atoms with Gasteiger partial charge >= 0.3 is 12.0 Å². The topological polar surface area (TPSA) is 92.1 Å². The van der Waals surface area contributed by atoms with Crippen molar-refractivity contribution in [3.63, 3.8) is 0 Å². The molecule has 0 amide bonds. The maximum absolute atomic E-state index is 12.3. The minimum Gasteiger partial charge on any atom is -0.481 e. The summed E-state index contributed by atoms with van der Waals surface area (Å²) in [6.45, 7) is 3.49. The Hall–Kier alpha value is -3.16. The van der Waals surface area contributed by atoms with Crippen molar-refractivity contribution in [3.8, 4) is 17.6 Å². The molecule has 0 unspecified atom stereocenters. The van der Waals surface area contributed by atoms with Crippen LogP contribution < -0.4 is 9.47 Å². The fraction of sp³-hybridized carbons (Fsp3) is 0.294. The molecule has 0 aliphatic heterocycles. The van der Waals surface area contributed by atoms with Gasteiger partial charge in [0.05, 0.1) is 19.9 Å². The molecule has 0 N–H and O–H groups in total. The highest BCUT2D eigenvalue weighted by atomic mass is 16.6. The first-order valence-corrected chi connectivity index (χ1v) is 7.37. The number of aromatic nitrogens is 2. The Balaban J connectivity index is 2.54. The van der Waals surface area contributed by atoms with E-state index in [4.69, 9.17) is 19.0 Å². The van der Waals surface area contributed by atoms with Crippen molar-refractivity contribution in [2.24, 2.45) is 5.16 Å². The van der Waals surface area contributed by atoms with Crippen molar-refractivity contribution in [3.05, 3.63) is 41.1 Å². The molecule has 0 fully saturated rings. The normalized spacial score (nSPS) is 11.0. The van der Waals surface area contributed by atoms with Crippen LogP contribution in [0.25, 0.3) is 0 Å². The Morgan fingerprint density at radius 2 is 1.92 bits per heavy atom. The van der Waals surface area contributed by atoms with Gasteiger partial charge in [0.25, 0.3) is 0 Å².